The van der Waals surface area contributed by atoms with E-state index in [4.69, 9.17) is 4.42 Å². The first kappa shape index (κ1) is 10.8. The number of fused-ring (bicyclic) bond motifs is 1. The monoisotopic (exact) mass is 230 g/mol. The molecule has 2 N–H and O–H groups in total. The Morgan fingerprint density at radius 1 is 1.41 bits per heavy atom. The van der Waals surface area contributed by atoms with E-state index < -0.39 is 0 Å². The Labute approximate surface area is 101 Å². The zero-order valence-electron chi connectivity index (χ0n) is 10.1. The third-order valence-electron chi connectivity index (χ3n) is 3.73. The van der Waals surface area contributed by atoms with Crippen LogP contribution in [-0.4, -0.2) is 20.1 Å². The Morgan fingerprint density at radius 3 is 3.06 bits per heavy atom. The average Bonchev–Trinajstić information content (AvgIpc) is 3.01. The predicted molar refractivity (Wildman–Crippen MR) is 69.0 cm³/mol. The molecule has 0 amide bonds. The van der Waals surface area contributed by atoms with Crippen molar-refractivity contribution in [1.29, 1.82) is 0 Å². The van der Waals surface area contributed by atoms with Crippen LogP contribution in [0.1, 0.15) is 18.0 Å². The summed E-state index contributed by atoms with van der Waals surface area (Å²) < 4.78 is 5.63. The van der Waals surface area contributed by atoms with Gasteiger partial charge in [0.1, 0.15) is 5.58 Å². The molecule has 0 bridgehead atoms. The zero-order valence-corrected chi connectivity index (χ0v) is 10.1. The first-order valence-electron chi connectivity index (χ1n) is 6.24. The van der Waals surface area contributed by atoms with Crippen molar-refractivity contribution in [3.05, 3.63) is 36.1 Å². The van der Waals surface area contributed by atoms with Gasteiger partial charge in [0.25, 0.3) is 0 Å². The summed E-state index contributed by atoms with van der Waals surface area (Å²) in [4.78, 5) is 0. The molecule has 2 atom stereocenters. The smallest absolute Gasteiger partial charge is 0.134 e. The third-order valence-corrected chi connectivity index (χ3v) is 3.73. The van der Waals surface area contributed by atoms with Gasteiger partial charge < -0.3 is 15.1 Å². The van der Waals surface area contributed by atoms with E-state index in [-0.39, 0.29) is 0 Å². The molecule has 0 radical (unpaired) electrons. The summed E-state index contributed by atoms with van der Waals surface area (Å²) in [5.74, 6) is 0.654. The van der Waals surface area contributed by atoms with Gasteiger partial charge in [0.2, 0.25) is 0 Å². The summed E-state index contributed by atoms with van der Waals surface area (Å²) in [6, 6.07) is 8.63. The highest BCUT2D eigenvalue weighted by Crippen LogP contribution is 2.32. The van der Waals surface area contributed by atoms with E-state index in [0.717, 1.165) is 18.7 Å². The lowest BCUT2D eigenvalue weighted by Gasteiger charge is -2.21. The maximum Gasteiger partial charge on any atom is 0.134 e. The summed E-state index contributed by atoms with van der Waals surface area (Å²) in [5, 5.41) is 8.10. The van der Waals surface area contributed by atoms with E-state index in [1.165, 1.54) is 17.4 Å². The molecule has 1 fully saturated rings. The highest BCUT2D eigenvalue weighted by Gasteiger charge is 2.27. The van der Waals surface area contributed by atoms with Crippen molar-refractivity contribution in [1.82, 2.24) is 10.6 Å². The summed E-state index contributed by atoms with van der Waals surface area (Å²) in [5.41, 5.74) is 2.27. The van der Waals surface area contributed by atoms with Crippen molar-refractivity contribution in [2.75, 3.05) is 20.1 Å². The summed E-state index contributed by atoms with van der Waals surface area (Å²) in [6.07, 6.45) is 3.13. The average molecular weight is 230 g/mol. The first-order chi connectivity index (χ1) is 8.40. The van der Waals surface area contributed by atoms with Crippen molar-refractivity contribution < 1.29 is 4.42 Å². The van der Waals surface area contributed by atoms with Crippen LogP contribution in [0.5, 0.6) is 0 Å². The van der Waals surface area contributed by atoms with Crippen LogP contribution < -0.4 is 10.6 Å². The molecule has 0 spiro atoms. The van der Waals surface area contributed by atoms with Crippen LogP contribution in [0, 0.1) is 5.92 Å². The van der Waals surface area contributed by atoms with Gasteiger partial charge in [-0.1, -0.05) is 18.2 Å². The molecule has 17 heavy (non-hydrogen) atoms. The number of nitrogens with one attached hydrogen (secondary N) is 2. The number of benzene rings is 1. The predicted octanol–water partition coefficient (Wildman–Crippen LogP) is 2.30. The molecule has 0 saturated carbocycles. The van der Waals surface area contributed by atoms with Gasteiger partial charge in [-0.2, -0.15) is 0 Å². The van der Waals surface area contributed by atoms with Crippen molar-refractivity contribution in [2.24, 2.45) is 5.92 Å². The van der Waals surface area contributed by atoms with Crippen LogP contribution in [-0.2, 0) is 0 Å². The van der Waals surface area contributed by atoms with Crippen LogP contribution in [0.4, 0.5) is 0 Å². The molecule has 1 aromatic heterocycles. The highest BCUT2D eigenvalue weighted by molar-refractivity contribution is 5.81. The lowest BCUT2D eigenvalue weighted by atomic mass is 9.92. The number of hydrogen-bond acceptors (Lipinski definition) is 3. The molecule has 90 valence electrons. The number of para-hydroxylation sites is 1. The Balaban J connectivity index is 2.00. The fourth-order valence-electron chi connectivity index (χ4n) is 2.85. The van der Waals surface area contributed by atoms with Gasteiger partial charge in [-0.15, -0.1) is 0 Å². The van der Waals surface area contributed by atoms with Gasteiger partial charge in [0.05, 0.1) is 6.26 Å². The molecule has 3 nitrogen and oxygen atoms in total. The SMILES string of the molecule is CNC(c1coc2ccccc12)C1CCNC1. The van der Waals surface area contributed by atoms with Crippen molar-refractivity contribution in [3.63, 3.8) is 0 Å². The number of rotatable bonds is 3. The molecular formula is C14H18N2O. The molecule has 2 unspecified atom stereocenters. The van der Waals surface area contributed by atoms with Gasteiger partial charge in [-0.3, -0.25) is 0 Å². The van der Waals surface area contributed by atoms with Crippen LogP contribution in [0.3, 0.4) is 0 Å². The molecule has 0 aliphatic carbocycles. The first-order valence-corrected chi connectivity index (χ1v) is 6.24. The minimum absolute atomic E-state index is 0.383. The van der Waals surface area contributed by atoms with Gasteiger partial charge in [-0.25, -0.2) is 0 Å². The molecular weight excluding hydrogens is 212 g/mol. The molecule has 1 aromatic carbocycles. The number of hydrogen-bond donors (Lipinski definition) is 2. The highest BCUT2D eigenvalue weighted by atomic mass is 16.3. The minimum Gasteiger partial charge on any atom is -0.464 e. The fourth-order valence-corrected chi connectivity index (χ4v) is 2.85. The standard InChI is InChI=1S/C14H18N2O/c1-15-14(10-6-7-16-8-10)12-9-17-13-5-3-2-4-11(12)13/h2-5,9-10,14-16H,6-8H2,1H3. The normalized spacial score (nSPS) is 22.1. The van der Waals surface area contributed by atoms with Crippen LogP contribution in [0.2, 0.25) is 0 Å². The number of furan rings is 1. The van der Waals surface area contributed by atoms with E-state index in [1.54, 1.807) is 0 Å². The van der Waals surface area contributed by atoms with E-state index >= 15 is 0 Å². The maximum atomic E-state index is 5.63. The van der Waals surface area contributed by atoms with Crippen molar-refractivity contribution in [3.8, 4) is 0 Å². The maximum absolute atomic E-state index is 5.63. The molecule has 1 aliphatic rings. The van der Waals surface area contributed by atoms with E-state index in [0.29, 0.717) is 12.0 Å². The lowest BCUT2D eigenvalue weighted by molar-refractivity contribution is 0.408. The zero-order chi connectivity index (χ0) is 11.7. The summed E-state index contributed by atoms with van der Waals surface area (Å²) in [6.45, 7) is 2.21. The Kier molecular flexibility index (Phi) is 2.87. The fraction of sp³-hybridized carbons (Fsp3) is 0.429. The molecule has 2 aromatic rings. The van der Waals surface area contributed by atoms with E-state index in [2.05, 4.69) is 22.8 Å². The molecule has 1 aliphatic heterocycles. The molecule has 1 saturated heterocycles. The second-order valence-electron chi connectivity index (χ2n) is 4.71. The second kappa shape index (κ2) is 4.51. The largest absolute Gasteiger partial charge is 0.464 e. The molecule has 3 rings (SSSR count). The topological polar surface area (TPSA) is 37.2 Å². The lowest BCUT2D eigenvalue weighted by Crippen LogP contribution is -2.26. The van der Waals surface area contributed by atoms with E-state index in [9.17, 15) is 0 Å². The quantitative estimate of drug-likeness (QED) is 0.849. The third kappa shape index (κ3) is 1.85. The molecule has 2 heterocycles. The Morgan fingerprint density at radius 2 is 2.29 bits per heavy atom. The van der Waals surface area contributed by atoms with E-state index in [1.807, 2.05) is 25.4 Å². The summed E-state index contributed by atoms with van der Waals surface area (Å²) >= 11 is 0. The van der Waals surface area contributed by atoms with Crippen LogP contribution in [0.15, 0.2) is 34.9 Å². The van der Waals surface area contributed by atoms with Gasteiger partial charge in [0, 0.05) is 17.0 Å². The van der Waals surface area contributed by atoms with Gasteiger partial charge in [0.15, 0.2) is 0 Å². The van der Waals surface area contributed by atoms with Crippen molar-refractivity contribution in [2.45, 2.75) is 12.5 Å². The molecule has 3 heteroatoms. The second-order valence-corrected chi connectivity index (χ2v) is 4.71. The van der Waals surface area contributed by atoms with Gasteiger partial charge in [-0.05, 0) is 38.5 Å². The Hall–Kier alpha value is -1.32. The van der Waals surface area contributed by atoms with Crippen LogP contribution >= 0.6 is 0 Å². The Bertz CT molecular complexity index is 500. The summed E-state index contributed by atoms with van der Waals surface area (Å²) in [7, 11) is 2.03. The van der Waals surface area contributed by atoms with Crippen molar-refractivity contribution >= 4 is 11.0 Å². The van der Waals surface area contributed by atoms with Crippen LogP contribution in [0.25, 0.3) is 11.0 Å². The minimum atomic E-state index is 0.383. The van der Waals surface area contributed by atoms with Gasteiger partial charge >= 0.3 is 0 Å².